The van der Waals surface area contributed by atoms with E-state index in [0.29, 0.717) is 62.2 Å². The van der Waals surface area contributed by atoms with Crippen LogP contribution in [0.4, 0.5) is 35.4 Å². The number of aliphatic imine (C=N–C) groups is 1. The van der Waals surface area contributed by atoms with E-state index in [1.54, 1.807) is 11.2 Å². The van der Waals surface area contributed by atoms with Crippen LogP contribution in [-0.4, -0.2) is 235 Å². The number of rotatable bonds is 26. The van der Waals surface area contributed by atoms with Crippen LogP contribution in [0, 0.1) is 11.8 Å². The molecule has 41 nitrogen and oxygen atoms in total. The maximum Gasteiger partial charge on any atom is 0.311 e. The van der Waals surface area contributed by atoms with Crippen LogP contribution >= 0.6 is 46.2 Å². The van der Waals surface area contributed by atoms with Crippen LogP contribution in [0.2, 0.25) is 0 Å². The quantitative estimate of drug-likeness (QED) is 0.00945. The van der Waals surface area contributed by atoms with Gasteiger partial charge in [-0.1, -0.05) is 104 Å². The van der Waals surface area contributed by atoms with Gasteiger partial charge < -0.3 is 98.6 Å². The van der Waals surface area contributed by atoms with Gasteiger partial charge in [0.2, 0.25) is 23.8 Å². The molecule has 6 fully saturated rings. The van der Waals surface area contributed by atoms with Crippen molar-refractivity contribution in [2.24, 2.45) is 16.8 Å². The van der Waals surface area contributed by atoms with Gasteiger partial charge >= 0.3 is 33.6 Å². The Balaban J connectivity index is 0.000000155. The van der Waals surface area contributed by atoms with E-state index < -0.39 is 105 Å². The van der Waals surface area contributed by atoms with Crippen LogP contribution in [0.1, 0.15) is 126 Å². The minimum atomic E-state index is -1.20. The molecule has 8 aliphatic rings. The summed E-state index contributed by atoms with van der Waals surface area (Å²) in [5, 5.41) is 11.2. The number of esters is 4. The summed E-state index contributed by atoms with van der Waals surface area (Å²) in [7, 11) is 5.19. The van der Waals surface area contributed by atoms with E-state index in [9.17, 15) is 53.1 Å². The Morgan fingerprint density at radius 1 is 0.602 bits per heavy atom. The summed E-state index contributed by atoms with van der Waals surface area (Å²) in [5.41, 5.74) is 15.4. The third-order valence-electron chi connectivity index (χ3n) is 19.8. The van der Waals surface area contributed by atoms with E-state index in [2.05, 4.69) is 71.5 Å². The number of aromatic amines is 4. The number of unbranched alkanes of at least 4 members (excludes halogenated alkanes) is 5. The molecular formula is C73H99N17O24S4. The highest BCUT2D eigenvalue weighted by Gasteiger charge is 2.59. The first-order valence-corrected chi connectivity index (χ1v) is 41.2. The Hall–Kier alpha value is -9.23. The fourth-order valence-corrected chi connectivity index (χ4v) is 18.7. The topological polar surface area (TPSA) is 536 Å². The van der Waals surface area contributed by atoms with Gasteiger partial charge in [-0.25, -0.2) is 4.99 Å². The third kappa shape index (κ3) is 20.1. The number of thioether (sulfide) groups is 2. The van der Waals surface area contributed by atoms with Crippen molar-refractivity contribution in [3.05, 3.63) is 96.6 Å². The maximum atomic E-state index is 12.9. The van der Waals surface area contributed by atoms with Gasteiger partial charge in [0.25, 0.3) is 22.2 Å². The predicted octanol–water partition coefficient (Wildman–Crippen LogP) is 4.12. The predicted molar refractivity (Wildman–Crippen MR) is 434 cm³/mol. The van der Waals surface area contributed by atoms with Gasteiger partial charge in [-0.3, -0.25) is 77.0 Å². The molecule has 0 spiro atoms. The van der Waals surface area contributed by atoms with Gasteiger partial charge in [-0.05, 0) is 47.0 Å². The molecule has 118 heavy (non-hydrogen) atoms. The minimum absolute atomic E-state index is 0.00575. The number of aromatic nitrogens is 10. The average Bonchev–Trinajstić information content (AvgIpc) is 1.59. The molecule has 45 heteroatoms. The van der Waals surface area contributed by atoms with Crippen molar-refractivity contribution in [1.82, 2.24) is 53.9 Å². The van der Waals surface area contributed by atoms with Crippen LogP contribution in [0.5, 0.6) is 0 Å². The molecule has 0 aromatic carbocycles. The fraction of sp³-hybridized carbons (Fsp3) is 0.603. The summed E-state index contributed by atoms with van der Waals surface area (Å²) >= 11 is 3.92. The molecule has 6 aromatic rings. The van der Waals surface area contributed by atoms with Crippen molar-refractivity contribution in [1.29, 1.82) is 0 Å². The Bertz CT molecular complexity index is 5140. The lowest BCUT2D eigenvalue weighted by molar-refractivity contribution is -0.159. The molecule has 6 aromatic heterocycles. The number of fused-ring (bicyclic) bond motifs is 6. The monoisotopic (exact) mass is 1730 g/mol. The SMILES string of the molecule is C=C1Sc2c(nc(N)[nH]c2=O)N1[C@@H]1C[C@H](CO)[C@H]2OC(C)(C)O[C@H]21.C=C[C@H]1C[C@@H](N2C(=C)Sc3c2nc(N=CN(C)C)[nH]c3=O)[C@@H]2OC(C)(C)O[C@@H]21.CCCCCCCCO[C@@H]1[C@@H](OC(C)=O)[C@H](n2c(=O)sc3c(=O)[nH]c(N)nc32)O[C@@H]1COC(C)=O.COCCO[C@@H]1[C@@H](OC(C)=O)[C@H](n2c(=O)sc3c(=O)[nH]c(N)nc32)O[C@@H]1COC(C)=O. The second-order valence-corrected chi connectivity index (χ2v) is 33.8. The third-order valence-corrected chi connectivity index (χ3v) is 23.7. The molecule has 644 valence electrons. The molecule has 12 heterocycles. The van der Waals surface area contributed by atoms with Crippen LogP contribution in [-0.2, 0) is 80.8 Å². The Labute approximate surface area is 690 Å². The number of hydrogen-bond donors (Lipinski definition) is 8. The first-order valence-electron chi connectivity index (χ1n) is 37.9. The van der Waals surface area contributed by atoms with Crippen LogP contribution in [0.3, 0.4) is 0 Å². The molecule has 0 radical (unpaired) electrons. The standard InChI is InChI=1S/C22H32N4O8S.C19H25N5O3S.C17H22N4O9S.C15H20N4O4S/c1-4-5-6-7-8-9-10-31-15-14(11-32-12(2)27)34-20(16(15)33-13(3)28)26-18-17(35-22(26)30)19(29)25-21(23)24-18;1-7-11-8-12(14-13(11)26-19(3,4)27-14)24-10(2)28-15-16(24)21-18(22-17(15)25)20-9-23(5)6;1-7(22)28-6-9-10(27-5-4-26-3)11(29-8(2)23)15(30-9)21-13-12(31-17(21)25)14(24)20-16(18)19-13;1-6-19(12-11(24-6)13(21)18-14(16)17-12)8-4-7(5-20)9-10(8)23-15(2,3)22-9/h14-16,20H,4-11H2,1-3H3,(H3,23,24,25,29);7,9,11-14H,1-2,8H2,3-6H3,(H,21,22,25);9-11,15H,4-6H2,1-3H3,(H3,18,19,20,24);7-10,20H,1,4-5H2,2-3H3,(H3,16,17,18,21)/t14-,15+,16-,20-;11-,12+,13+,14-;9-,10+,11-,15-;7-,8-,9-,10+/m1011/s1. The number of aliphatic hydroxyl groups is 1. The molecule has 16 atom stereocenters. The Kier molecular flexibility index (Phi) is 28.9. The maximum absolute atomic E-state index is 12.9. The summed E-state index contributed by atoms with van der Waals surface area (Å²) in [6, 6.07) is -0.167. The van der Waals surface area contributed by atoms with Crippen molar-refractivity contribution >= 4 is 133 Å². The number of nitrogen functional groups attached to an aromatic ring is 3. The van der Waals surface area contributed by atoms with Crippen molar-refractivity contribution in [3.8, 4) is 0 Å². The van der Waals surface area contributed by atoms with Gasteiger partial charge in [-0.2, -0.15) is 19.9 Å². The fourth-order valence-electron chi connectivity index (χ4n) is 15.1. The summed E-state index contributed by atoms with van der Waals surface area (Å²) < 4.78 is 76.7. The highest BCUT2D eigenvalue weighted by Crippen LogP contribution is 2.53. The highest BCUT2D eigenvalue weighted by atomic mass is 32.2. The van der Waals surface area contributed by atoms with E-state index in [0.717, 1.165) is 52.7 Å². The van der Waals surface area contributed by atoms with E-state index >= 15 is 0 Å². The van der Waals surface area contributed by atoms with Crippen molar-refractivity contribution < 1.29 is 85.9 Å². The summed E-state index contributed by atoms with van der Waals surface area (Å²) in [4.78, 5) is 158. The first-order chi connectivity index (χ1) is 55.9. The summed E-state index contributed by atoms with van der Waals surface area (Å²) in [6.07, 6.45) is 2.71. The average molecular weight is 1730 g/mol. The minimum Gasteiger partial charge on any atom is -0.463 e. The second-order valence-electron chi connectivity index (χ2n) is 29.7. The van der Waals surface area contributed by atoms with Crippen LogP contribution < -0.4 is 59.0 Å². The van der Waals surface area contributed by atoms with Gasteiger partial charge in [0.1, 0.15) is 69.0 Å². The number of H-pyrrole nitrogens is 4. The molecule has 2 saturated carbocycles. The number of carbonyl (C=O) groups excluding carboxylic acids is 4. The molecule has 6 aliphatic heterocycles. The van der Waals surface area contributed by atoms with Gasteiger partial charge in [0.05, 0.1) is 53.9 Å². The van der Waals surface area contributed by atoms with E-state index in [1.807, 2.05) is 57.7 Å². The zero-order valence-electron chi connectivity index (χ0n) is 67.1. The largest absolute Gasteiger partial charge is 0.463 e. The second kappa shape index (κ2) is 38.0. The van der Waals surface area contributed by atoms with E-state index in [4.69, 9.17) is 78.8 Å². The summed E-state index contributed by atoms with van der Waals surface area (Å²) in [6.45, 7) is 27.2. The van der Waals surface area contributed by atoms with Gasteiger partial charge in [0.15, 0.2) is 59.2 Å². The van der Waals surface area contributed by atoms with Crippen molar-refractivity contribution in [3.63, 3.8) is 0 Å². The molecule has 14 rings (SSSR count). The lowest BCUT2D eigenvalue weighted by Crippen LogP contribution is -2.41. The number of carbonyl (C=O) groups is 4. The zero-order valence-corrected chi connectivity index (χ0v) is 70.4. The van der Waals surface area contributed by atoms with Crippen LogP contribution in [0.25, 0.3) is 20.7 Å². The lowest BCUT2D eigenvalue weighted by atomic mass is 10.1. The van der Waals surface area contributed by atoms with Crippen molar-refractivity contribution in [2.45, 2.75) is 221 Å². The van der Waals surface area contributed by atoms with Gasteiger partial charge in [-0.15, -0.1) is 6.58 Å². The molecule has 0 bridgehead atoms. The number of ether oxygens (including phenoxy) is 13. The molecule has 11 N–H and O–H groups in total. The summed E-state index contributed by atoms with van der Waals surface area (Å²) in [5.74, 6) is -2.54. The smallest absolute Gasteiger partial charge is 0.311 e. The van der Waals surface area contributed by atoms with Crippen LogP contribution in [0.15, 0.2) is 79.4 Å². The number of nitrogens with two attached hydrogens (primary N) is 3. The van der Waals surface area contributed by atoms with E-state index in [-0.39, 0.29) is 137 Å². The number of nitrogens with one attached hydrogen (secondary N) is 4. The van der Waals surface area contributed by atoms with Crippen molar-refractivity contribution in [2.75, 3.05) is 87.8 Å². The first kappa shape index (κ1) is 89.6. The number of aliphatic hydroxyl groups excluding tert-OH is 1. The zero-order chi connectivity index (χ0) is 85.7. The molecule has 2 aliphatic carbocycles. The van der Waals surface area contributed by atoms with E-state index in [1.165, 1.54) is 64.7 Å². The highest BCUT2D eigenvalue weighted by molar-refractivity contribution is 8.04. The Morgan fingerprint density at radius 2 is 1.05 bits per heavy atom. The normalized spacial score (nSPS) is 26.8. The van der Waals surface area contributed by atoms with Gasteiger partial charge in [0, 0.05) is 73.9 Å². The number of anilines is 5. The number of methoxy groups -OCH3 is 1. The molecule has 4 saturated heterocycles. The Morgan fingerprint density at radius 3 is 1.53 bits per heavy atom. The number of hydrogen-bond acceptors (Lipinski definition) is 38. The number of nitrogens with zero attached hydrogens (tertiary/aromatic N) is 10. The molecule has 0 amide bonds. The molecule has 0 unspecified atom stereocenters. The number of thiazole rings is 2. The lowest BCUT2D eigenvalue weighted by Gasteiger charge is -2.31. The molecular weight excluding hydrogens is 1630 g/mol.